The monoisotopic (exact) mass is 273 g/mol. The number of ether oxygens (including phenoxy) is 1. The SMILES string of the molecule is CCn1c(CC(N)CC2CCCO2)nc2ccccc21. The lowest BCUT2D eigenvalue weighted by atomic mass is 10.0. The molecule has 1 aliphatic heterocycles. The molecule has 0 radical (unpaired) electrons. The summed E-state index contributed by atoms with van der Waals surface area (Å²) in [5.74, 6) is 1.10. The first kappa shape index (κ1) is 13.6. The molecule has 3 rings (SSSR count). The van der Waals surface area contributed by atoms with Crippen LogP contribution in [0.25, 0.3) is 11.0 Å². The quantitative estimate of drug-likeness (QED) is 0.910. The molecule has 4 nitrogen and oxygen atoms in total. The maximum Gasteiger partial charge on any atom is 0.111 e. The van der Waals surface area contributed by atoms with Gasteiger partial charge in [0.05, 0.1) is 17.1 Å². The minimum absolute atomic E-state index is 0.125. The van der Waals surface area contributed by atoms with Crippen LogP contribution in [0.5, 0.6) is 0 Å². The molecule has 0 saturated carbocycles. The van der Waals surface area contributed by atoms with Gasteiger partial charge in [0.1, 0.15) is 5.82 Å². The number of benzene rings is 1. The summed E-state index contributed by atoms with van der Waals surface area (Å²) in [6.45, 7) is 3.98. The Balaban J connectivity index is 1.75. The lowest BCUT2D eigenvalue weighted by Crippen LogP contribution is -2.29. The highest BCUT2D eigenvalue weighted by Crippen LogP contribution is 2.20. The number of hydrogen-bond donors (Lipinski definition) is 1. The summed E-state index contributed by atoms with van der Waals surface area (Å²) in [7, 11) is 0. The molecule has 1 aromatic heterocycles. The fourth-order valence-corrected chi connectivity index (χ4v) is 3.12. The largest absolute Gasteiger partial charge is 0.378 e. The number of hydrogen-bond acceptors (Lipinski definition) is 3. The highest BCUT2D eigenvalue weighted by Gasteiger charge is 2.20. The van der Waals surface area contributed by atoms with E-state index in [-0.39, 0.29) is 6.04 Å². The standard InChI is InChI=1S/C16H23N3O/c1-2-19-15-8-4-3-7-14(15)18-16(19)11-12(17)10-13-6-5-9-20-13/h3-4,7-8,12-13H,2,5-6,9-11,17H2,1H3. The molecule has 0 amide bonds. The van der Waals surface area contributed by atoms with Crippen LogP contribution in [-0.2, 0) is 17.7 Å². The Bertz CT molecular complexity index is 572. The van der Waals surface area contributed by atoms with Crippen molar-refractivity contribution in [2.75, 3.05) is 6.61 Å². The zero-order valence-electron chi connectivity index (χ0n) is 12.1. The van der Waals surface area contributed by atoms with Gasteiger partial charge >= 0.3 is 0 Å². The maximum absolute atomic E-state index is 6.30. The molecule has 1 aromatic carbocycles. The van der Waals surface area contributed by atoms with Crippen molar-refractivity contribution in [3.05, 3.63) is 30.1 Å². The van der Waals surface area contributed by atoms with Crippen molar-refractivity contribution >= 4 is 11.0 Å². The summed E-state index contributed by atoms with van der Waals surface area (Å²) in [4.78, 5) is 4.74. The van der Waals surface area contributed by atoms with Gasteiger partial charge in [0.25, 0.3) is 0 Å². The van der Waals surface area contributed by atoms with E-state index in [9.17, 15) is 0 Å². The van der Waals surface area contributed by atoms with Gasteiger partial charge in [0, 0.05) is 25.6 Å². The van der Waals surface area contributed by atoms with Crippen molar-refractivity contribution in [2.24, 2.45) is 5.73 Å². The van der Waals surface area contributed by atoms with Crippen LogP contribution in [0.1, 0.15) is 32.0 Å². The average molecular weight is 273 g/mol. The highest BCUT2D eigenvalue weighted by atomic mass is 16.5. The molecule has 2 aromatic rings. The first-order chi connectivity index (χ1) is 9.78. The molecule has 2 unspecified atom stereocenters. The summed E-state index contributed by atoms with van der Waals surface area (Å²) < 4.78 is 7.94. The van der Waals surface area contributed by atoms with Crippen LogP contribution in [0.4, 0.5) is 0 Å². The first-order valence-corrected chi connectivity index (χ1v) is 7.59. The fraction of sp³-hybridized carbons (Fsp3) is 0.562. The third-order valence-corrected chi connectivity index (χ3v) is 4.08. The van der Waals surface area contributed by atoms with Crippen LogP contribution in [0.3, 0.4) is 0 Å². The Morgan fingerprint density at radius 2 is 2.30 bits per heavy atom. The molecule has 1 saturated heterocycles. The van der Waals surface area contributed by atoms with Crippen molar-refractivity contribution in [3.8, 4) is 0 Å². The second kappa shape index (κ2) is 5.94. The Morgan fingerprint density at radius 1 is 1.45 bits per heavy atom. The number of imidazole rings is 1. The number of rotatable bonds is 5. The van der Waals surface area contributed by atoms with Crippen molar-refractivity contribution in [1.82, 2.24) is 9.55 Å². The summed E-state index contributed by atoms with van der Waals surface area (Å²) in [6, 6.07) is 8.41. The van der Waals surface area contributed by atoms with Crippen LogP contribution in [-0.4, -0.2) is 28.3 Å². The topological polar surface area (TPSA) is 53.1 Å². The first-order valence-electron chi connectivity index (χ1n) is 7.59. The van der Waals surface area contributed by atoms with Crippen LogP contribution in [0.15, 0.2) is 24.3 Å². The van der Waals surface area contributed by atoms with Gasteiger partial charge in [-0.2, -0.15) is 0 Å². The minimum atomic E-state index is 0.125. The van der Waals surface area contributed by atoms with Crippen LogP contribution >= 0.6 is 0 Å². The van der Waals surface area contributed by atoms with E-state index in [1.165, 1.54) is 11.9 Å². The number of aromatic nitrogens is 2. The van der Waals surface area contributed by atoms with E-state index in [0.717, 1.165) is 43.8 Å². The molecule has 2 N–H and O–H groups in total. The number of fused-ring (bicyclic) bond motifs is 1. The normalized spacial score (nSPS) is 20.6. The molecule has 2 heterocycles. The smallest absolute Gasteiger partial charge is 0.111 e. The van der Waals surface area contributed by atoms with Crippen LogP contribution < -0.4 is 5.73 Å². The molecule has 4 heteroatoms. The third-order valence-electron chi connectivity index (χ3n) is 4.08. The zero-order chi connectivity index (χ0) is 13.9. The van der Waals surface area contributed by atoms with Gasteiger partial charge < -0.3 is 15.0 Å². The van der Waals surface area contributed by atoms with E-state index >= 15 is 0 Å². The summed E-state index contributed by atoms with van der Waals surface area (Å²) in [5, 5.41) is 0. The predicted molar refractivity (Wildman–Crippen MR) is 80.7 cm³/mol. The van der Waals surface area contributed by atoms with Gasteiger partial charge in [-0.25, -0.2) is 4.98 Å². The second-order valence-electron chi connectivity index (χ2n) is 5.60. The Kier molecular flexibility index (Phi) is 4.03. The Hall–Kier alpha value is -1.39. The molecule has 2 atom stereocenters. The van der Waals surface area contributed by atoms with Gasteiger partial charge in [-0.15, -0.1) is 0 Å². The molecule has 0 bridgehead atoms. The lowest BCUT2D eigenvalue weighted by molar-refractivity contribution is 0.0981. The summed E-state index contributed by atoms with van der Waals surface area (Å²) in [5.41, 5.74) is 8.56. The molecule has 0 aliphatic carbocycles. The molecular weight excluding hydrogens is 250 g/mol. The van der Waals surface area contributed by atoms with Crippen molar-refractivity contribution in [2.45, 2.75) is 51.3 Å². The highest BCUT2D eigenvalue weighted by molar-refractivity contribution is 5.75. The van der Waals surface area contributed by atoms with Gasteiger partial charge in [-0.1, -0.05) is 12.1 Å². The number of para-hydroxylation sites is 2. The van der Waals surface area contributed by atoms with Gasteiger partial charge in [-0.05, 0) is 38.3 Å². The number of aryl methyl sites for hydroxylation is 1. The predicted octanol–water partition coefficient (Wildman–Crippen LogP) is 2.50. The van der Waals surface area contributed by atoms with Gasteiger partial charge in [0.15, 0.2) is 0 Å². The van der Waals surface area contributed by atoms with E-state index in [1.54, 1.807) is 0 Å². The van der Waals surface area contributed by atoms with E-state index in [0.29, 0.717) is 6.10 Å². The summed E-state index contributed by atoms with van der Waals surface area (Å²) >= 11 is 0. The molecule has 20 heavy (non-hydrogen) atoms. The fourth-order valence-electron chi connectivity index (χ4n) is 3.12. The van der Waals surface area contributed by atoms with Crippen molar-refractivity contribution in [3.63, 3.8) is 0 Å². The van der Waals surface area contributed by atoms with E-state index in [4.69, 9.17) is 15.5 Å². The average Bonchev–Trinajstić information content (AvgIpc) is 3.05. The van der Waals surface area contributed by atoms with Crippen molar-refractivity contribution in [1.29, 1.82) is 0 Å². The minimum Gasteiger partial charge on any atom is -0.378 e. The number of nitrogens with zero attached hydrogens (tertiary/aromatic N) is 2. The van der Waals surface area contributed by atoms with Gasteiger partial charge in [-0.3, -0.25) is 0 Å². The zero-order valence-corrected chi connectivity index (χ0v) is 12.1. The van der Waals surface area contributed by atoms with Crippen LogP contribution in [0, 0.1) is 0 Å². The van der Waals surface area contributed by atoms with Crippen LogP contribution in [0.2, 0.25) is 0 Å². The molecular formula is C16H23N3O. The van der Waals surface area contributed by atoms with E-state index < -0.39 is 0 Å². The molecule has 108 valence electrons. The molecule has 1 fully saturated rings. The second-order valence-corrected chi connectivity index (χ2v) is 5.60. The summed E-state index contributed by atoms with van der Waals surface area (Å²) in [6.07, 6.45) is 4.43. The van der Waals surface area contributed by atoms with Crippen molar-refractivity contribution < 1.29 is 4.74 Å². The molecule has 1 aliphatic rings. The maximum atomic E-state index is 6.30. The Morgan fingerprint density at radius 3 is 3.05 bits per heavy atom. The third kappa shape index (κ3) is 2.72. The lowest BCUT2D eigenvalue weighted by Gasteiger charge is -2.16. The molecule has 0 spiro atoms. The Labute approximate surface area is 119 Å². The van der Waals surface area contributed by atoms with Gasteiger partial charge in [0.2, 0.25) is 0 Å². The number of nitrogens with two attached hydrogens (primary N) is 1. The van der Waals surface area contributed by atoms with E-state index in [1.807, 2.05) is 6.07 Å². The van der Waals surface area contributed by atoms with E-state index in [2.05, 4.69) is 29.7 Å².